The second-order valence-corrected chi connectivity index (χ2v) is 7.14. The van der Waals surface area contributed by atoms with Gasteiger partial charge in [0.25, 0.3) is 0 Å². The van der Waals surface area contributed by atoms with E-state index in [0.717, 1.165) is 43.0 Å². The van der Waals surface area contributed by atoms with E-state index >= 15 is 0 Å². The van der Waals surface area contributed by atoms with Crippen LogP contribution in [0.4, 0.5) is 5.69 Å². The monoisotopic (exact) mass is 370 g/mol. The Morgan fingerprint density at radius 1 is 1.15 bits per heavy atom. The average molecular weight is 370 g/mol. The molecule has 0 radical (unpaired) electrons. The average Bonchev–Trinajstić information content (AvgIpc) is 3.10. The lowest BCUT2D eigenvalue weighted by atomic mass is 9.79. The largest absolute Gasteiger partial charge is 0.481 e. The number of amides is 1. The SMILES string of the molecule is CCC(CC)(CC(=O)Nc1ccc(-c2nnc3n2CCCC3)cc1)C(=O)O. The smallest absolute Gasteiger partial charge is 0.310 e. The lowest BCUT2D eigenvalue weighted by molar-refractivity contribution is -0.151. The minimum Gasteiger partial charge on any atom is -0.481 e. The summed E-state index contributed by atoms with van der Waals surface area (Å²) in [6.07, 6.45) is 4.05. The van der Waals surface area contributed by atoms with Crippen LogP contribution in [0.2, 0.25) is 0 Å². The highest BCUT2D eigenvalue weighted by Gasteiger charge is 2.37. The van der Waals surface area contributed by atoms with Gasteiger partial charge in [-0.05, 0) is 49.9 Å². The number of hydrogen-bond acceptors (Lipinski definition) is 4. The van der Waals surface area contributed by atoms with Crippen molar-refractivity contribution < 1.29 is 14.7 Å². The van der Waals surface area contributed by atoms with Crippen molar-refractivity contribution >= 4 is 17.6 Å². The van der Waals surface area contributed by atoms with Gasteiger partial charge in [-0.15, -0.1) is 10.2 Å². The normalized spacial score (nSPS) is 13.9. The number of nitrogens with one attached hydrogen (secondary N) is 1. The molecular formula is C20H26N4O3. The van der Waals surface area contributed by atoms with Crippen LogP contribution in [0.25, 0.3) is 11.4 Å². The highest BCUT2D eigenvalue weighted by atomic mass is 16.4. The van der Waals surface area contributed by atoms with Gasteiger partial charge in [0.1, 0.15) is 5.82 Å². The van der Waals surface area contributed by atoms with Gasteiger partial charge >= 0.3 is 5.97 Å². The van der Waals surface area contributed by atoms with Crippen LogP contribution in [-0.4, -0.2) is 31.7 Å². The molecule has 0 saturated carbocycles. The number of anilines is 1. The summed E-state index contributed by atoms with van der Waals surface area (Å²) in [6.45, 7) is 4.54. The summed E-state index contributed by atoms with van der Waals surface area (Å²) < 4.78 is 2.15. The highest BCUT2D eigenvalue weighted by Crippen LogP contribution is 2.31. The van der Waals surface area contributed by atoms with Crippen LogP contribution >= 0.6 is 0 Å². The van der Waals surface area contributed by atoms with Crippen molar-refractivity contribution in [2.24, 2.45) is 5.41 Å². The maximum atomic E-state index is 12.4. The van der Waals surface area contributed by atoms with E-state index in [-0.39, 0.29) is 12.3 Å². The van der Waals surface area contributed by atoms with Crippen molar-refractivity contribution in [1.29, 1.82) is 0 Å². The Bertz CT molecular complexity index is 822. The first kappa shape index (κ1) is 19.1. The van der Waals surface area contributed by atoms with Gasteiger partial charge in [0.15, 0.2) is 5.82 Å². The molecule has 0 unspecified atom stereocenters. The molecule has 1 amide bonds. The van der Waals surface area contributed by atoms with Gasteiger partial charge in [-0.2, -0.15) is 0 Å². The van der Waals surface area contributed by atoms with E-state index in [9.17, 15) is 14.7 Å². The van der Waals surface area contributed by atoms with Crippen molar-refractivity contribution in [1.82, 2.24) is 14.8 Å². The van der Waals surface area contributed by atoms with E-state index in [4.69, 9.17) is 0 Å². The molecule has 0 fully saturated rings. The highest BCUT2D eigenvalue weighted by molar-refractivity contribution is 5.94. The maximum absolute atomic E-state index is 12.4. The molecular weight excluding hydrogens is 344 g/mol. The molecule has 144 valence electrons. The lowest BCUT2D eigenvalue weighted by Crippen LogP contribution is -2.34. The van der Waals surface area contributed by atoms with Crippen LogP contribution in [0.5, 0.6) is 0 Å². The number of nitrogens with zero attached hydrogens (tertiary/aromatic N) is 3. The first-order chi connectivity index (χ1) is 13.0. The first-order valence-corrected chi connectivity index (χ1v) is 9.55. The van der Waals surface area contributed by atoms with Gasteiger partial charge in [-0.3, -0.25) is 9.59 Å². The van der Waals surface area contributed by atoms with Crippen LogP contribution in [0, 0.1) is 5.41 Å². The van der Waals surface area contributed by atoms with Crippen LogP contribution in [-0.2, 0) is 22.6 Å². The van der Waals surface area contributed by atoms with E-state index in [0.29, 0.717) is 18.5 Å². The second kappa shape index (κ2) is 7.90. The fourth-order valence-electron chi connectivity index (χ4n) is 3.62. The molecule has 0 spiro atoms. The first-order valence-electron chi connectivity index (χ1n) is 9.55. The number of aryl methyl sites for hydroxylation is 1. The van der Waals surface area contributed by atoms with Crippen LogP contribution < -0.4 is 5.32 Å². The third-order valence-corrected chi connectivity index (χ3v) is 5.59. The number of fused-ring (bicyclic) bond motifs is 1. The van der Waals surface area contributed by atoms with Crippen molar-refractivity contribution in [2.45, 2.75) is 58.9 Å². The van der Waals surface area contributed by atoms with Gasteiger partial charge in [0, 0.05) is 30.6 Å². The van der Waals surface area contributed by atoms with Crippen LogP contribution in [0.1, 0.15) is 51.8 Å². The van der Waals surface area contributed by atoms with Crippen LogP contribution in [0.15, 0.2) is 24.3 Å². The molecule has 27 heavy (non-hydrogen) atoms. The molecule has 0 aliphatic carbocycles. The Labute approximate surface area is 158 Å². The molecule has 2 aromatic rings. The lowest BCUT2D eigenvalue weighted by Gasteiger charge is -2.25. The number of carboxylic acid groups (broad SMARTS) is 1. The summed E-state index contributed by atoms with van der Waals surface area (Å²) >= 11 is 0. The molecule has 0 atom stereocenters. The number of carbonyl (C=O) groups is 2. The number of aromatic nitrogens is 3. The molecule has 1 aromatic carbocycles. The number of rotatable bonds is 7. The molecule has 1 aromatic heterocycles. The minimum atomic E-state index is -1.01. The molecule has 2 heterocycles. The number of carboxylic acids is 1. The number of carbonyl (C=O) groups excluding carboxylic acids is 1. The van der Waals surface area contributed by atoms with Gasteiger partial charge in [0.05, 0.1) is 5.41 Å². The zero-order valence-electron chi connectivity index (χ0n) is 15.9. The zero-order valence-corrected chi connectivity index (χ0v) is 15.9. The van der Waals surface area contributed by atoms with E-state index in [1.54, 1.807) is 13.8 Å². The number of benzene rings is 1. The summed E-state index contributed by atoms with van der Waals surface area (Å²) in [7, 11) is 0. The topological polar surface area (TPSA) is 97.1 Å². The summed E-state index contributed by atoms with van der Waals surface area (Å²) in [6, 6.07) is 7.45. The summed E-state index contributed by atoms with van der Waals surface area (Å²) in [5.74, 6) is 0.672. The van der Waals surface area contributed by atoms with Gasteiger partial charge < -0.3 is 15.0 Å². The molecule has 3 rings (SSSR count). The third-order valence-electron chi connectivity index (χ3n) is 5.59. The van der Waals surface area contributed by atoms with Crippen molar-refractivity contribution in [3.05, 3.63) is 30.1 Å². The van der Waals surface area contributed by atoms with E-state index < -0.39 is 11.4 Å². The molecule has 7 heteroatoms. The van der Waals surface area contributed by atoms with E-state index in [2.05, 4.69) is 20.1 Å². The molecule has 7 nitrogen and oxygen atoms in total. The molecule has 1 aliphatic rings. The Morgan fingerprint density at radius 3 is 2.48 bits per heavy atom. The maximum Gasteiger partial charge on any atom is 0.310 e. The predicted molar refractivity (Wildman–Crippen MR) is 102 cm³/mol. The van der Waals surface area contributed by atoms with E-state index in [1.165, 1.54) is 0 Å². The van der Waals surface area contributed by atoms with Crippen molar-refractivity contribution in [2.75, 3.05) is 5.32 Å². The summed E-state index contributed by atoms with van der Waals surface area (Å²) in [5, 5.41) is 20.9. The fourth-order valence-corrected chi connectivity index (χ4v) is 3.62. The Hall–Kier alpha value is -2.70. The third kappa shape index (κ3) is 3.86. The van der Waals surface area contributed by atoms with E-state index in [1.807, 2.05) is 24.3 Å². The standard InChI is InChI=1S/C20H26N4O3/c1-3-20(4-2,19(26)27)13-17(25)21-15-10-8-14(9-11-15)18-23-22-16-7-5-6-12-24(16)18/h8-11H,3-7,12-13H2,1-2H3,(H,21,25)(H,26,27). The molecule has 2 N–H and O–H groups in total. The molecule has 0 saturated heterocycles. The predicted octanol–water partition coefficient (Wildman–Crippen LogP) is 3.50. The fraction of sp³-hybridized carbons (Fsp3) is 0.500. The van der Waals surface area contributed by atoms with Crippen molar-refractivity contribution in [3.63, 3.8) is 0 Å². The van der Waals surface area contributed by atoms with Crippen LogP contribution in [0.3, 0.4) is 0 Å². The molecule has 1 aliphatic heterocycles. The Kier molecular flexibility index (Phi) is 5.58. The second-order valence-electron chi connectivity index (χ2n) is 7.14. The van der Waals surface area contributed by atoms with Gasteiger partial charge in [0.2, 0.25) is 5.91 Å². The van der Waals surface area contributed by atoms with Gasteiger partial charge in [-0.1, -0.05) is 13.8 Å². The summed E-state index contributed by atoms with van der Waals surface area (Å²) in [5.41, 5.74) is 0.592. The minimum absolute atomic E-state index is 0.0330. The Balaban J connectivity index is 1.70. The molecule has 0 bridgehead atoms. The Morgan fingerprint density at radius 2 is 1.85 bits per heavy atom. The quantitative estimate of drug-likeness (QED) is 0.777. The number of aliphatic carboxylic acids is 1. The van der Waals surface area contributed by atoms with Gasteiger partial charge in [-0.25, -0.2) is 0 Å². The zero-order chi connectivity index (χ0) is 19.4. The summed E-state index contributed by atoms with van der Waals surface area (Å²) in [4.78, 5) is 23.9. The number of hydrogen-bond donors (Lipinski definition) is 2. The van der Waals surface area contributed by atoms with Crippen molar-refractivity contribution in [3.8, 4) is 11.4 Å².